The Labute approximate surface area is 170 Å². The van der Waals surface area contributed by atoms with Crippen LogP contribution in [0.4, 0.5) is 11.4 Å². The molecule has 1 heterocycles. The topological polar surface area (TPSA) is 52.7 Å². The van der Waals surface area contributed by atoms with Gasteiger partial charge in [-0.1, -0.05) is 26.7 Å². The zero-order chi connectivity index (χ0) is 20.5. The summed E-state index contributed by atoms with van der Waals surface area (Å²) < 4.78 is 0. The molecule has 0 aromatic heterocycles. The molecule has 1 aliphatic heterocycles. The summed E-state index contributed by atoms with van der Waals surface area (Å²) in [6, 6.07) is 5.82. The number of hydrogen-bond donors (Lipinski definition) is 1. The SMILES string of the molecule is CCCC[C@H](CC)C(=O)Nc1ccc(N2CCCC2)c(C(=O)N(CC)CC)c1. The second-order valence-electron chi connectivity index (χ2n) is 7.64. The molecule has 1 aliphatic rings. The minimum atomic E-state index is 0.0279. The maximum atomic E-state index is 13.1. The van der Waals surface area contributed by atoms with Crippen molar-refractivity contribution in [1.82, 2.24) is 4.90 Å². The standard InChI is InChI=1S/C23H37N3O2/c1-5-9-12-18(6-2)22(27)24-19-13-14-21(26-15-10-11-16-26)20(17-19)23(28)25(7-3)8-4/h13-14,17-18H,5-12,15-16H2,1-4H3,(H,24,27)/t18-/m0/s1. The smallest absolute Gasteiger partial charge is 0.256 e. The first-order valence-corrected chi connectivity index (χ1v) is 11.0. The van der Waals surface area contributed by atoms with Crippen LogP contribution in [0.3, 0.4) is 0 Å². The maximum absolute atomic E-state index is 13.1. The van der Waals surface area contributed by atoms with E-state index in [-0.39, 0.29) is 17.7 Å². The lowest BCUT2D eigenvalue weighted by molar-refractivity contribution is -0.120. The molecule has 5 heteroatoms. The van der Waals surface area contributed by atoms with Gasteiger partial charge in [0, 0.05) is 43.5 Å². The third kappa shape index (κ3) is 5.49. The predicted molar refractivity (Wildman–Crippen MR) is 117 cm³/mol. The van der Waals surface area contributed by atoms with Crippen molar-refractivity contribution >= 4 is 23.2 Å². The number of hydrogen-bond acceptors (Lipinski definition) is 3. The Morgan fingerprint density at radius 1 is 1.11 bits per heavy atom. The fourth-order valence-corrected chi connectivity index (χ4v) is 3.92. The highest BCUT2D eigenvalue weighted by molar-refractivity contribution is 6.02. The van der Waals surface area contributed by atoms with E-state index >= 15 is 0 Å². The molecule has 2 amide bonds. The first-order valence-electron chi connectivity index (χ1n) is 11.0. The van der Waals surface area contributed by atoms with Crippen molar-refractivity contribution in [2.75, 3.05) is 36.4 Å². The first kappa shape index (κ1) is 22.3. The van der Waals surface area contributed by atoms with Crippen molar-refractivity contribution in [2.45, 2.75) is 66.2 Å². The average Bonchev–Trinajstić information content (AvgIpc) is 3.24. The van der Waals surface area contributed by atoms with Crippen LogP contribution >= 0.6 is 0 Å². The predicted octanol–water partition coefficient (Wildman–Crippen LogP) is 4.92. The molecule has 156 valence electrons. The Hall–Kier alpha value is -2.04. The van der Waals surface area contributed by atoms with Crippen molar-refractivity contribution in [3.63, 3.8) is 0 Å². The quantitative estimate of drug-likeness (QED) is 0.620. The monoisotopic (exact) mass is 387 g/mol. The van der Waals surface area contributed by atoms with Crippen LogP contribution in [0.25, 0.3) is 0 Å². The van der Waals surface area contributed by atoms with Crippen molar-refractivity contribution in [3.8, 4) is 0 Å². The molecular weight excluding hydrogens is 350 g/mol. The van der Waals surface area contributed by atoms with Gasteiger partial charge in [-0.3, -0.25) is 9.59 Å². The number of rotatable bonds is 10. The number of carbonyl (C=O) groups excluding carboxylic acids is 2. The summed E-state index contributed by atoms with van der Waals surface area (Å²) in [7, 11) is 0. The van der Waals surface area contributed by atoms with Crippen LogP contribution in [0.1, 0.15) is 76.6 Å². The Bertz CT molecular complexity index is 649. The highest BCUT2D eigenvalue weighted by Gasteiger charge is 2.23. The summed E-state index contributed by atoms with van der Waals surface area (Å²) in [6.45, 7) is 11.5. The van der Waals surface area contributed by atoms with Crippen LogP contribution in [0.5, 0.6) is 0 Å². The fourth-order valence-electron chi connectivity index (χ4n) is 3.92. The molecule has 1 N–H and O–H groups in total. The Morgan fingerprint density at radius 3 is 2.36 bits per heavy atom. The second kappa shape index (κ2) is 11.1. The molecule has 0 spiro atoms. The number of anilines is 2. The van der Waals surface area contributed by atoms with Crippen LogP contribution < -0.4 is 10.2 Å². The van der Waals surface area contributed by atoms with E-state index in [4.69, 9.17) is 0 Å². The van der Waals surface area contributed by atoms with E-state index in [9.17, 15) is 9.59 Å². The van der Waals surface area contributed by atoms with E-state index in [1.54, 1.807) is 0 Å². The van der Waals surface area contributed by atoms with Gasteiger partial charge in [0.05, 0.1) is 5.56 Å². The normalized spacial score (nSPS) is 14.8. The van der Waals surface area contributed by atoms with Gasteiger partial charge < -0.3 is 15.1 Å². The molecule has 1 fully saturated rings. The fraction of sp³-hybridized carbons (Fsp3) is 0.652. The summed E-state index contributed by atoms with van der Waals surface area (Å²) in [5.74, 6) is 0.132. The molecule has 1 aromatic rings. The van der Waals surface area contributed by atoms with Gasteiger partial charge in [0.1, 0.15) is 0 Å². The molecule has 28 heavy (non-hydrogen) atoms. The number of nitrogens with one attached hydrogen (secondary N) is 1. The van der Waals surface area contributed by atoms with Gasteiger partial charge in [-0.05, 0) is 57.7 Å². The summed E-state index contributed by atoms with van der Waals surface area (Å²) in [4.78, 5) is 30.0. The second-order valence-corrected chi connectivity index (χ2v) is 7.64. The highest BCUT2D eigenvalue weighted by atomic mass is 16.2. The van der Waals surface area contributed by atoms with E-state index < -0.39 is 0 Å². The Balaban J connectivity index is 2.27. The van der Waals surface area contributed by atoms with E-state index in [1.807, 2.05) is 36.9 Å². The van der Waals surface area contributed by atoms with Gasteiger partial charge in [-0.15, -0.1) is 0 Å². The molecule has 1 aromatic carbocycles. The van der Waals surface area contributed by atoms with Crippen molar-refractivity contribution in [2.24, 2.45) is 5.92 Å². The number of nitrogens with zero attached hydrogens (tertiary/aromatic N) is 2. The van der Waals surface area contributed by atoms with Gasteiger partial charge >= 0.3 is 0 Å². The van der Waals surface area contributed by atoms with Gasteiger partial charge in [0.25, 0.3) is 5.91 Å². The third-order valence-corrected chi connectivity index (χ3v) is 5.76. The molecule has 2 rings (SSSR count). The molecule has 0 aliphatic carbocycles. The molecule has 0 saturated carbocycles. The average molecular weight is 388 g/mol. The van der Waals surface area contributed by atoms with E-state index in [2.05, 4.69) is 24.1 Å². The molecule has 1 atom stereocenters. The molecular formula is C23H37N3O2. The van der Waals surface area contributed by atoms with Crippen LogP contribution in [-0.2, 0) is 4.79 Å². The lowest BCUT2D eigenvalue weighted by Crippen LogP contribution is -2.32. The number of unbranched alkanes of at least 4 members (excludes halogenated alkanes) is 1. The molecule has 1 saturated heterocycles. The van der Waals surface area contributed by atoms with E-state index in [0.717, 1.165) is 63.0 Å². The number of benzene rings is 1. The summed E-state index contributed by atoms with van der Waals surface area (Å²) in [5, 5.41) is 3.06. The summed E-state index contributed by atoms with van der Waals surface area (Å²) in [6.07, 6.45) is 6.22. The van der Waals surface area contributed by atoms with E-state index in [0.29, 0.717) is 18.7 Å². The van der Waals surface area contributed by atoms with Crippen LogP contribution in [0.15, 0.2) is 18.2 Å². The number of amides is 2. The molecule has 0 radical (unpaired) electrons. The maximum Gasteiger partial charge on any atom is 0.256 e. The molecule has 5 nitrogen and oxygen atoms in total. The molecule has 0 bridgehead atoms. The van der Waals surface area contributed by atoms with Crippen molar-refractivity contribution < 1.29 is 9.59 Å². The Morgan fingerprint density at radius 2 is 1.79 bits per heavy atom. The van der Waals surface area contributed by atoms with Crippen LogP contribution in [0, 0.1) is 5.92 Å². The van der Waals surface area contributed by atoms with Crippen molar-refractivity contribution in [1.29, 1.82) is 0 Å². The number of carbonyl (C=O) groups is 2. The Kier molecular flexibility index (Phi) is 8.81. The third-order valence-electron chi connectivity index (χ3n) is 5.76. The van der Waals surface area contributed by atoms with Crippen molar-refractivity contribution in [3.05, 3.63) is 23.8 Å². The first-order chi connectivity index (χ1) is 13.5. The van der Waals surface area contributed by atoms with Gasteiger partial charge in [-0.2, -0.15) is 0 Å². The lowest BCUT2D eigenvalue weighted by Gasteiger charge is -2.26. The van der Waals surface area contributed by atoms with Gasteiger partial charge in [0.2, 0.25) is 5.91 Å². The van der Waals surface area contributed by atoms with E-state index in [1.165, 1.54) is 0 Å². The van der Waals surface area contributed by atoms with Crippen LogP contribution in [0.2, 0.25) is 0 Å². The highest BCUT2D eigenvalue weighted by Crippen LogP contribution is 2.29. The summed E-state index contributed by atoms with van der Waals surface area (Å²) in [5.41, 5.74) is 2.41. The zero-order valence-corrected chi connectivity index (χ0v) is 18.1. The zero-order valence-electron chi connectivity index (χ0n) is 18.1. The largest absolute Gasteiger partial charge is 0.371 e. The molecule has 0 unspecified atom stereocenters. The minimum absolute atomic E-state index is 0.0279. The van der Waals surface area contributed by atoms with Crippen LogP contribution in [-0.4, -0.2) is 42.9 Å². The van der Waals surface area contributed by atoms with Gasteiger partial charge in [-0.25, -0.2) is 0 Å². The minimum Gasteiger partial charge on any atom is -0.371 e. The lowest BCUT2D eigenvalue weighted by atomic mass is 9.98. The van der Waals surface area contributed by atoms with Gasteiger partial charge in [0.15, 0.2) is 0 Å². The summed E-state index contributed by atoms with van der Waals surface area (Å²) >= 11 is 0.